The number of nitrogens with one attached hydrogen (secondary N) is 2. The average molecular weight is 472 g/mol. The van der Waals surface area contributed by atoms with Crippen LogP contribution in [0.4, 0.5) is 24.5 Å². The molecule has 3 rings (SSSR count). The zero-order valence-electron chi connectivity index (χ0n) is 17.1. The van der Waals surface area contributed by atoms with Crippen LogP contribution in [0.5, 0.6) is 11.5 Å². The van der Waals surface area contributed by atoms with Crippen molar-refractivity contribution in [2.75, 3.05) is 44.0 Å². The normalized spacial score (nSPS) is 13.4. The maximum absolute atomic E-state index is 12.9. The number of rotatable bonds is 6. The lowest BCUT2D eigenvalue weighted by molar-refractivity contribution is -0.137. The Balaban J connectivity index is 1.52. The summed E-state index contributed by atoms with van der Waals surface area (Å²) in [7, 11) is 1.54. The van der Waals surface area contributed by atoms with E-state index in [1.165, 1.54) is 18.0 Å². The smallest absolute Gasteiger partial charge is 0.417 e. The molecule has 32 heavy (non-hydrogen) atoms. The van der Waals surface area contributed by atoms with Crippen LogP contribution in [-0.2, 0) is 15.8 Å². The Kier molecular flexibility index (Phi) is 7.47. The number of hydrogen-bond acceptors (Lipinski definition) is 5. The summed E-state index contributed by atoms with van der Waals surface area (Å²) in [6.45, 7) is 0.744. The lowest BCUT2D eigenvalue weighted by Gasteiger charge is -2.17. The van der Waals surface area contributed by atoms with E-state index in [0.717, 1.165) is 18.6 Å². The van der Waals surface area contributed by atoms with Crippen LogP contribution < -0.4 is 20.1 Å². The number of carbonyl (C=O) groups excluding carboxylic acids is 2. The fourth-order valence-corrected chi connectivity index (χ4v) is 3.23. The summed E-state index contributed by atoms with van der Waals surface area (Å²) in [4.78, 5) is 25.9. The molecule has 0 fully saturated rings. The third-order valence-corrected chi connectivity index (χ3v) is 4.74. The van der Waals surface area contributed by atoms with E-state index < -0.39 is 22.7 Å². The average Bonchev–Trinajstić information content (AvgIpc) is 2.93. The number of benzene rings is 2. The molecule has 0 unspecified atom stereocenters. The molecule has 0 saturated carbocycles. The molecule has 1 heterocycles. The highest BCUT2D eigenvalue weighted by atomic mass is 35.5. The summed E-state index contributed by atoms with van der Waals surface area (Å²) in [6.07, 6.45) is -3.88. The summed E-state index contributed by atoms with van der Waals surface area (Å²) >= 11 is 5.57. The Morgan fingerprint density at radius 2 is 1.53 bits per heavy atom. The summed E-state index contributed by atoms with van der Waals surface area (Å²) in [5, 5.41) is 4.62. The highest BCUT2D eigenvalue weighted by Gasteiger charge is 2.33. The molecule has 1 aliphatic heterocycles. The fraction of sp³-hybridized carbons (Fsp3) is 0.333. The Bertz CT molecular complexity index is 1000. The molecule has 2 aromatic rings. The zero-order chi connectivity index (χ0) is 23.3. The second kappa shape index (κ2) is 10.1. The Morgan fingerprint density at radius 1 is 0.969 bits per heavy atom. The molecule has 2 amide bonds. The lowest BCUT2D eigenvalue weighted by atomic mass is 10.2. The van der Waals surface area contributed by atoms with Gasteiger partial charge in [-0.3, -0.25) is 14.5 Å². The van der Waals surface area contributed by atoms with Gasteiger partial charge in [0, 0.05) is 23.9 Å². The quantitative estimate of drug-likeness (QED) is 0.665. The van der Waals surface area contributed by atoms with Gasteiger partial charge in [0.25, 0.3) is 0 Å². The molecule has 0 spiro atoms. The minimum absolute atomic E-state index is 0.0447. The summed E-state index contributed by atoms with van der Waals surface area (Å²) < 4.78 is 50.0. The van der Waals surface area contributed by atoms with Crippen LogP contribution in [0.15, 0.2) is 36.4 Å². The van der Waals surface area contributed by atoms with E-state index in [9.17, 15) is 22.8 Å². The first-order valence-corrected chi connectivity index (χ1v) is 10.0. The Morgan fingerprint density at radius 3 is 2.16 bits per heavy atom. The van der Waals surface area contributed by atoms with E-state index in [-0.39, 0.29) is 24.7 Å². The van der Waals surface area contributed by atoms with Crippen LogP contribution >= 0.6 is 11.6 Å². The second-order valence-electron chi connectivity index (χ2n) is 7.17. The second-order valence-corrected chi connectivity index (χ2v) is 7.58. The first-order chi connectivity index (χ1) is 15.1. The van der Waals surface area contributed by atoms with Crippen LogP contribution in [0.2, 0.25) is 5.02 Å². The van der Waals surface area contributed by atoms with E-state index in [1.54, 1.807) is 18.2 Å². The molecular formula is C21H21ClF3N3O4. The molecule has 7 nitrogen and oxygen atoms in total. The number of halogens is 4. The molecule has 0 atom stereocenters. The molecule has 2 aromatic carbocycles. The van der Waals surface area contributed by atoms with Crippen molar-refractivity contribution in [3.05, 3.63) is 47.0 Å². The number of ether oxygens (including phenoxy) is 2. The van der Waals surface area contributed by atoms with Crippen LogP contribution in [0, 0.1) is 0 Å². The number of alkyl halides is 3. The number of likely N-dealkylation sites (N-methyl/N-ethyl adjacent to an activating group) is 1. The number of anilines is 2. The zero-order valence-corrected chi connectivity index (χ0v) is 17.8. The van der Waals surface area contributed by atoms with Gasteiger partial charge in [-0.2, -0.15) is 13.2 Å². The van der Waals surface area contributed by atoms with Crippen LogP contribution in [0.3, 0.4) is 0 Å². The van der Waals surface area contributed by atoms with Gasteiger partial charge in [-0.1, -0.05) is 11.6 Å². The third-order valence-electron chi connectivity index (χ3n) is 4.41. The van der Waals surface area contributed by atoms with Crippen molar-refractivity contribution >= 4 is 34.8 Å². The predicted octanol–water partition coefficient (Wildman–Crippen LogP) is 4.03. The van der Waals surface area contributed by atoms with Crippen molar-refractivity contribution in [1.82, 2.24) is 4.90 Å². The van der Waals surface area contributed by atoms with Gasteiger partial charge in [-0.25, -0.2) is 0 Å². The van der Waals surface area contributed by atoms with Gasteiger partial charge in [0.05, 0.1) is 36.9 Å². The minimum atomic E-state index is -4.64. The summed E-state index contributed by atoms with van der Waals surface area (Å²) in [6, 6.07) is 8.13. The molecule has 11 heteroatoms. The van der Waals surface area contributed by atoms with Gasteiger partial charge in [-0.15, -0.1) is 0 Å². The first kappa shape index (κ1) is 23.7. The van der Waals surface area contributed by atoms with E-state index in [2.05, 4.69) is 10.6 Å². The van der Waals surface area contributed by atoms with Crippen molar-refractivity contribution < 1.29 is 32.2 Å². The molecule has 2 N–H and O–H groups in total. The summed E-state index contributed by atoms with van der Waals surface area (Å²) in [5.74, 6) is 0.186. The number of hydrogen-bond donors (Lipinski definition) is 2. The molecule has 0 radical (unpaired) electrons. The van der Waals surface area contributed by atoms with E-state index >= 15 is 0 Å². The van der Waals surface area contributed by atoms with Crippen LogP contribution in [-0.4, -0.2) is 50.1 Å². The molecule has 0 aliphatic carbocycles. The minimum Gasteiger partial charge on any atom is -0.490 e. The highest BCUT2D eigenvalue weighted by molar-refractivity contribution is 6.31. The van der Waals surface area contributed by atoms with Crippen molar-refractivity contribution in [2.45, 2.75) is 12.6 Å². The van der Waals surface area contributed by atoms with E-state index in [4.69, 9.17) is 21.1 Å². The van der Waals surface area contributed by atoms with Gasteiger partial charge in [0.2, 0.25) is 11.8 Å². The van der Waals surface area contributed by atoms with E-state index in [0.29, 0.717) is 30.4 Å². The standard InChI is InChI=1S/C21H21ClF3N3O4/c1-28(11-19(29)26-13-3-5-16(22)15(9-13)21(23,24)25)12-20(30)27-14-4-6-17-18(10-14)32-8-2-7-31-17/h3-6,9-10H,2,7-8,11-12H2,1H3,(H,26,29)(H,27,30). The van der Waals surface area contributed by atoms with Gasteiger partial charge in [0.1, 0.15) is 0 Å². The molecule has 0 bridgehead atoms. The number of nitrogens with zero attached hydrogens (tertiary/aromatic N) is 1. The molecule has 1 aliphatic rings. The fourth-order valence-electron chi connectivity index (χ4n) is 3.01. The Hall–Kier alpha value is -2.98. The number of amides is 2. The monoisotopic (exact) mass is 471 g/mol. The molecule has 172 valence electrons. The molecule has 0 saturated heterocycles. The molecule has 0 aromatic heterocycles. The maximum Gasteiger partial charge on any atom is 0.417 e. The van der Waals surface area contributed by atoms with Crippen molar-refractivity contribution in [1.29, 1.82) is 0 Å². The lowest BCUT2D eigenvalue weighted by Crippen LogP contribution is -2.36. The van der Waals surface area contributed by atoms with Crippen LogP contribution in [0.25, 0.3) is 0 Å². The van der Waals surface area contributed by atoms with Gasteiger partial charge in [-0.05, 0) is 37.4 Å². The van der Waals surface area contributed by atoms with Gasteiger partial charge >= 0.3 is 6.18 Å². The predicted molar refractivity (Wildman–Crippen MR) is 113 cm³/mol. The van der Waals surface area contributed by atoms with E-state index in [1.807, 2.05) is 0 Å². The highest BCUT2D eigenvalue weighted by Crippen LogP contribution is 2.36. The SMILES string of the molecule is CN(CC(=O)Nc1ccc2c(c1)OCCCO2)CC(=O)Nc1ccc(Cl)c(C(F)(F)F)c1. The van der Waals surface area contributed by atoms with Crippen LogP contribution in [0.1, 0.15) is 12.0 Å². The largest absolute Gasteiger partial charge is 0.490 e. The van der Waals surface area contributed by atoms with Gasteiger partial charge in [0.15, 0.2) is 11.5 Å². The Labute approximate surface area is 187 Å². The van der Waals surface area contributed by atoms with Crippen molar-refractivity contribution in [3.8, 4) is 11.5 Å². The third kappa shape index (κ3) is 6.51. The van der Waals surface area contributed by atoms with Gasteiger partial charge < -0.3 is 20.1 Å². The van der Waals surface area contributed by atoms with Crippen molar-refractivity contribution in [2.24, 2.45) is 0 Å². The maximum atomic E-state index is 12.9. The first-order valence-electron chi connectivity index (χ1n) is 9.66. The number of carbonyl (C=O) groups is 2. The van der Waals surface area contributed by atoms with Crippen molar-refractivity contribution in [3.63, 3.8) is 0 Å². The molecular weight excluding hydrogens is 451 g/mol. The summed E-state index contributed by atoms with van der Waals surface area (Å²) in [5.41, 5.74) is -0.574. The number of fused-ring (bicyclic) bond motifs is 1. The topological polar surface area (TPSA) is 79.9 Å².